The van der Waals surface area contributed by atoms with E-state index < -0.39 is 0 Å². The lowest BCUT2D eigenvalue weighted by molar-refractivity contribution is 0.533. The monoisotopic (exact) mass is 250 g/mol. The largest absolute Gasteiger partial charge is 0.274 e. The van der Waals surface area contributed by atoms with Crippen LogP contribution < -0.4 is 5.56 Å². The number of aryl methyl sites for hydroxylation is 1. The van der Waals surface area contributed by atoms with Gasteiger partial charge in [-0.1, -0.05) is 24.6 Å². The van der Waals surface area contributed by atoms with E-state index in [4.69, 9.17) is 11.6 Å². The number of alkyl halides is 1. The number of unbranched alkanes of at least 4 members (excludes halogenated alkanes) is 2. The highest BCUT2D eigenvalue weighted by atomic mass is 35.5. The SMILES string of the molecule is O=c1c2ccccc2cnn1CCCCCCl. The molecule has 90 valence electrons. The average molecular weight is 251 g/mol. The van der Waals surface area contributed by atoms with Gasteiger partial charge in [0.1, 0.15) is 0 Å². The van der Waals surface area contributed by atoms with Crippen LogP contribution in [0.3, 0.4) is 0 Å². The number of halogens is 1. The third kappa shape index (κ3) is 2.86. The van der Waals surface area contributed by atoms with Gasteiger partial charge in [0, 0.05) is 17.8 Å². The molecule has 3 nitrogen and oxygen atoms in total. The quantitative estimate of drug-likeness (QED) is 0.604. The fourth-order valence-electron chi connectivity index (χ4n) is 1.82. The van der Waals surface area contributed by atoms with E-state index in [-0.39, 0.29) is 5.56 Å². The highest BCUT2D eigenvalue weighted by Gasteiger charge is 2.02. The first-order valence-corrected chi connectivity index (χ1v) is 6.37. The molecule has 2 rings (SSSR count). The van der Waals surface area contributed by atoms with Gasteiger partial charge in [0.2, 0.25) is 0 Å². The van der Waals surface area contributed by atoms with Crippen LogP contribution in [0.1, 0.15) is 19.3 Å². The summed E-state index contributed by atoms with van der Waals surface area (Å²) in [4.78, 5) is 12.1. The topological polar surface area (TPSA) is 34.9 Å². The summed E-state index contributed by atoms with van der Waals surface area (Å²) >= 11 is 5.61. The van der Waals surface area contributed by atoms with Crippen LogP contribution in [0.15, 0.2) is 35.3 Å². The maximum Gasteiger partial charge on any atom is 0.274 e. The van der Waals surface area contributed by atoms with Gasteiger partial charge in [-0.15, -0.1) is 11.6 Å². The van der Waals surface area contributed by atoms with Gasteiger partial charge in [-0.3, -0.25) is 4.79 Å². The second kappa shape index (κ2) is 5.82. The Hall–Kier alpha value is -1.35. The zero-order valence-corrected chi connectivity index (χ0v) is 10.4. The summed E-state index contributed by atoms with van der Waals surface area (Å²) in [6.45, 7) is 0.667. The first kappa shape index (κ1) is 12.1. The van der Waals surface area contributed by atoms with Crippen LogP contribution in [-0.2, 0) is 6.54 Å². The number of rotatable bonds is 5. The summed E-state index contributed by atoms with van der Waals surface area (Å²) in [6.07, 6.45) is 4.71. The predicted molar refractivity (Wildman–Crippen MR) is 70.6 cm³/mol. The zero-order chi connectivity index (χ0) is 12.1. The van der Waals surface area contributed by atoms with Crippen molar-refractivity contribution in [2.45, 2.75) is 25.8 Å². The fourth-order valence-corrected chi connectivity index (χ4v) is 2.01. The Kier molecular flexibility index (Phi) is 4.15. The third-order valence-electron chi connectivity index (χ3n) is 2.77. The summed E-state index contributed by atoms with van der Waals surface area (Å²) in [7, 11) is 0. The Morgan fingerprint density at radius 2 is 2.00 bits per heavy atom. The van der Waals surface area contributed by atoms with Crippen molar-refractivity contribution in [2.75, 3.05) is 5.88 Å². The van der Waals surface area contributed by atoms with Gasteiger partial charge < -0.3 is 0 Å². The number of hydrogen-bond donors (Lipinski definition) is 0. The van der Waals surface area contributed by atoms with Crippen LogP contribution in [0.4, 0.5) is 0 Å². The minimum atomic E-state index is -0.00558. The van der Waals surface area contributed by atoms with E-state index in [1.807, 2.05) is 24.3 Å². The minimum absolute atomic E-state index is 0.00558. The Labute approximate surface area is 105 Å². The van der Waals surface area contributed by atoms with Gasteiger partial charge in [-0.2, -0.15) is 5.10 Å². The van der Waals surface area contributed by atoms with Crippen LogP contribution in [-0.4, -0.2) is 15.7 Å². The first-order valence-electron chi connectivity index (χ1n) is 5.84. The molecule has 0 saturated heterocycles. The molecule has 0 N–H and O–H groups in total. The fraction of sp³-hybridized carbons (Fsp3) is 0.385. The van der Waals surface area contributed by atoms with E-state index >= 15 is 0 Å². The van der Waals surface area contributed by atoms with Crippen molar-refractivity contribution < 1.29 is 0 Å². The Morgan fingerprint density at radius 1 is 1.18 bits per heavy atom. The van der Waals surface area contributed by atoms with E-state index in [2.05, 4.69) is 5.10 Å². The molecule has 0 aliphatic carbocycles. The molecule has 0 aliphatic heterocycles. The minimum Gasteiger partial charge on any atom is -0.267 e. The summed E-state index contributed by atoms with van der Waals surface area (Å²) in [5.74, 6) is 0.681. The van der Waals surface area contributed by atoms with E-state index in [9.17, 15) is 4.79 Å². The highest BCUT2D eigenvalue weighted by Crippen LogP contribution is 2.07. The molecule has 0 radical (unpaired) electrons. The summed E-state index contributed by atoms with van der Waals surface area (Å²) < 4.78 is 1.54. The number of hydrogen-bond acceptors (Lipinski definition) is 2. The number of fused-ring (bicyclic) bond motifs is 1. The molecule has 0 saturated carbocycles. The van der Waals surface area contributed by atoms with Gasteiger partial charge >= 0.3 is 0 Å². The molecule has 17 heavy (non-hydrogen) atoms. The smallest absolute Gasteiger partial charge is 0.267 e. The van der Waals surface area contributed by atoms with E-state index in [1.165, 1.54) is 4.68 Å². The van der Waals surface area contributed by atoms with E-state index in [0.29, 0.717) is 12.4 Å². The Balaban J connectivity index is 2.18. The molecule has 0 bridgehead atoms. The summed E-state index contributed by atoms with van der Waals surface area (Å²) in [5.41, 5.74) is -0.00558. The molecule has 0 atom stereocenters. The third-order valence-corrected chi connectivity index (χ3v) is 3.03. The van der Waals surface area contributed by atoms with Crippen LogP contribution in [0, 0.1) is 0 Å². The van der Waals surface area contributed by atoms with Crippen LogP contribution in [0.5, 0.6) is 0 Å². The van der Waals surface area contributed by atoms with Crippen molar-refractivity contribution in [3.63, 3.8) is 0 Å². The molecule has 1 aromatic heterocycles. The molecule has 2 aromatic rings. The first-order chi connectivity index (χ1) is 8.33. The molecule has 0 amide bonds. The number of benzene rings is 1. The molecule has 4 heteroatoms. The lowest BCUT2D eigenvalue weighted by Gasteiger charge is -2.05. The molecule has 0 unspecified atom stereocenters. The van der Waals surface area contributed by atoms with Crippen LogP contribution in [0.2, 0.25) is 0 Å². The second-order valence-corrected chi connectivity index (χ2v) is 4.39. The zero-order valence-electron chi connectivity index (χ0n) is 9.60. The Bertz CT molecular complexity index is 550. The molecule has 0 spiro atoms. The molecule has 0 fully saturated rings. The number of nitrogens with zero attached hydrogens (tertiary/aromatic N) is 2. The van der Waals surface area contributed by atoms with Crippen molar-refractivity contribution >= 4 is 22.4 Å². The van der Waals surface area contributed by atoms with Crippen molar-refractivity contribution in [1.82, 2.24) is 9.78 Å². The van der Waals surface area contributed by atoms with Crippen molar-refractivity contribution in [3.05, 3.63) is 40.8 Å². The van der Waals surface area contributed by atoms with Gasteiger partial charge in [0.25, 0.3) is 5.56 Å². The van der Waals surface area contributed by atoms with E-state index in [0.717, 1.165) is 30.0 Å². The molecular weight excluding hydrogens is 236 g/mol. The maximum atomic E-state index is 12.1. The second-order valence-electron chi connectivity index (χ2n) is 4.01. The highest BCUT2D eigenvalue weighted by molar-refractivity contribution is 6.17. The normalized spacial score (nSPS) is 10.9. The summed E-state index contributed by atoms with van der Waals surface area (Å²) in [6, 6.07) is 7.53. The van der Waals surface area contributed by atoms with Crippen molar-refractivity contribution in [3.8, 4) is 0 Å². The lowest BCUT2D eigenvalue weighted by atomic mass is 10.2. The van der Waals surface area contributed by atoms with Gasteiger partial charge in [-0.25, -0.2) is 4.68 Å². The van der Waals surface area contributed by atoms with Crippen molar-refractivity contribution in [1.29, 1.82) is 0 Å². The van der Waals surface area contributed by atoms with Crippen LogP contribution >= 0.6 is 11.6 Å². The average Bonchev–Trinajstić information content (AvgIpc) is 2.37. The van der Waals surface area contributed by atoms with E-state index in [1.54, 1.807) is 6.20 Å². The molecule has 1 heterocycles. The van der Waals surface area contributed by atoms with Crippen molar-refractivity contribution in [2.24, 2.45) is 0 Å². The van der Waals surface area contributed by atoms with Crippen LogP contribution in [0.25, 0.3) is 10.8 Å². The summed E-state index contributed by atoms with van der Waals surface area (Å²) in [5, 5.41) is 5.81. The number of aromatic nitrogens is 2. The molecule has 0 aliphatic rings. The maximum absolute atomic E-state index is 12.1. The predicted octanol–water partition coefficient (Wildman–Crippen LogP) is 2.81. The molecular formula is C13H15ClN2O. The Morgan fingerprint density at radius 3 is 2.82 bits per heavy atom. The lowest BCUT2D eigenvalue weighted by Crippen LogP contribution is -2.22. The van der Waals surface area contributed by atoms with Gasteiger partial charge in [0.15, 0.2) is 0 Å². The van der Waals surface area contributed by atoms with Gasteiger partial charge in [0.05, 0.1) is 11.6 Å². The molecule has 1 aromatic carbocycles. The standard InChI is InChI=1S/C13H15ClN2O/c14-8-4-1-5-9-16-13(17)12-7-3-2-6-11(12)10-15-16/h2-3,6-7,10H,1,4-5,8-9H2. The van der Waals surface area contributed by atoms with Gasteiger partial charge in [-0.05, 0) is 18.9 Å².